The summed E-state index contributed by atoms with van der Waals surface area (Å²) in [5, 5.41) is 19.0. The minimum Gasteiger partial charge on any atom is -0.406 e. The number of ether oxygens (including phenoxy) is 2. The lowest BCUT2D eigenvalue weighted by molar-refractivity contribution is -0.274. The first-order valence-corrected chi connectivity index (χ1v) is 13.3. The van der Waals surface area contributed by atoms with Crippen LogP contribution in [0.25, 0.3) is 17.1 Å². The van der Waals surface area contributed by atoms with Crippen LogP contribution in [0.15, 0.2) is 73.1 Å². The smallest absolute Gasteiger partial charge is 0.406 e. The molecule has 1 fully saturated rings. The Labute approximate surface area is 240 Å². The number of nitrogens with one attached hydrogen (secondary N) is 3. The number of halogens is 3. The summed E-state index contributed by atoms with van der Waals surface area (Å²) in [6.45, 7) is 4.04. The lowest BCUT2D eigenvalue weighted by atomic mass is 10.1. The van der Waals surface area contributed by atoms with E-state index in [1.54, 1.807) is 0 Å². The summed E-state index contributed by atoms with van der Waals surface area (Å²) in [6, 6.07) is 19.2. The van der Waals surface area contributed by atoms with Gasteiger partial charge in [0.15, 0.2) is 5.82 Å². The Morgan fingerprint density at radius 2 is 1.83 bits per heavy atom. The van der Waals surface area contributed by atoms with Crippen LogP contribution in [0.3, 0.4) is 0 Å². The maximum atomic E-state index is 12.4. The highest BCUT2D eigenvalue weighted by Gasteiger charge is 2.39. The molecule has 212 valence electrons. The zero-order valence-corrected chi connectivity index (χ0v) is 23.0. The molecule has 0 radical (unpaired) electrons. The fraction of sp³-hybridized carbons (Fsp3) is 0.241. The lowest BCUT2D eigenvalue weighted by Gasteiger charge is -2.15. The van der Waals surface area contributed by atoms with E-state index < -0.39 is 6.36 Å². The van der Waals surface area contributed by atoms with E-state index in [0.29, 0.717) is 11.5 Å². The van der Waals surface area contributed by atoms with E-state index in [2.05, 4.69) is 32.4 Å². The van der Waals surface area contributed by atoms with Gasteiger partial charge in [0.1, 0.15) is 12.1 Å². The second-order valence-electron chi connectivity index (χ2n) is 9.58. The first-order chi connectivity index (χ1) is 19.6. The second-order valence-corrected chi connectivity index (χ2v) is 9.95. The third kappa shape index (κ3) is 7.01. The molecule has 4 aromatic rings. The van der Waals surface area contributed by atoms with Crippen LogP contribution in [0.5, 0.6) is 5.75 Å². The number of nitrogens with zero attached hydrogens (tertiary/aromatic N) is 3. The van der Waals surface area contributed by atoms with Crippen LogP contribution in [0.2, 0.25) is 0 Å². The first-order valence-electron chi connectivity index (χ1n) is 12.9. The van der Waals surface area contributed by atoms with Crippen molar-refractivity contribution in [1.82, 2.24) is 20.1 Å². The van der Waals surface area contributed by atoms with Crippen molar-refractivity contribution in [3.63, 3.8) is 0 Å². The van der Waals surface area contributed by atoms with Gasteiger partial charge in [-0.1, -0.05) is 49.4 Å². The topological polar surface area (TPSA) is 97.1 Å². The van der Waals surface area contributed by atoms with Crippen LogP contribution in [0, 0.1) is 12.3 Å². The molecule has 1 aliphatic rings. The van der Waals surface area contributed by atoms with Crippen molar-refractivity contribution >= 4 is 29.1 Å². The summed E-state index contributed by atoms with van der Waals surface area (Å²) in [5.74, 6) is 0.428. The average Bonchev–Trinajstić information content (AvgIpc) is 3.50. The molecule has 0 aliphatic heterocycles. The van der Waals surface area contributed by atoms with Gasteiger partial charge in [-0.3, -0.25) is 5.41 Å². The molecule has 41 heavy (non-hydrogen) atoms. The number of hydrogen-bond acceptors (Lipinski definition) is 6. The van der Waals surface area contributed by atoms with Crippen molar-refractivity contribution in [3.8, 4) is 22.8 Å². The Balaban J connectivity index is 1.13. The molecule has 0 spiro atoms. The summed E-state index contributed by atoms with van der Waals surface area (Å²) >= 11 is 5.33. The van der Waals surface area contributed by atoms with Crippen LogP contribution in [-0.2, 0) is 11.2 Å². The molecule has 3 aromatic carbocycles. The molecule has 1 heterocycles. The fourth-order valence-electron chi connectivity index (χ4n) is 4.54. The number of aromatic nitrogens is 3. The molecule has 2 atom stereocenters. The Morgan fingerprint density at radius 1 is 1.10 bits per heavy atom. The predicted octanol–water partition coefficient (Wildman–Crippen LogP) is 6.50. The molecular formula is C29H27F3N6O2S. The lowest BCUT2D eigenvalue weighted by Crippen LogP contribution is -2.31. The molecule has 1 aromatic heterocycles. The highest BCUT2D eigenvalue weighted by Crippen LogP contribution is 2.41. The standard InChI is InChI=1S/C29H27F3N6O2S/c1-3-18-6-4-5-17(2)25(18)36-27(33)39-28(41)35-24-15-23(24)19-7-9-20(10-8-19)26-34-16-38(37-26)21-11-13-22(14-12-21)40-29(30,31)32/h4-14,16,23-24H,3,15H2,1-2H3,(H2,33,36)(H,35,41). The molecule has 0 bridgehead atoms. The summed E-state index contributed by atoms with van der Waals surface area (Å²) in [6.07, 6.45) is -1.54. The Hall–Kier alpha value is -4.45. The predicted molar refractivity (Wildman–Crippen MR) is 153 cm³/mol. The second kappa shape index (κ2) is 11.6. The fourth-order valence-corrected chi connectivity index (χ4v) is 4.77. The highest BCUT2D eigenvalue weighted by atomic mass is 32.1. The van der Waals surface area contributed by atoms with Gasteiger partial charge in [0.05, 0.1) is 5.69 Å². The van der Waals surface area contributed by atoms with Crippen LogP contribution < -0.4 is 15.4 Å². The molecule has 0 saturated heterocycles. The van der Waals surface area contributed by atoms with E-state index >= 15 is 0 Å². The van der Waals surface area contributed by atoms with Gasteiger partial charge < -0.3 is 20.1 Å². The van der Waals surface area contributed by atoms with Gasteiger partial charge in [0.25, 0.3) is 11.2 Å². The molecule has 12 heteroatoms. The number of aryl methyl sites for hydroxylation is 2. The van der Waals surface area contributed by atoms with Crippen molar-refractivity contribution in [1.29, 1.82) is 5.41 Å². The molecule has 8 nitrogen and oxygen atoms in total. The van der Waals surface area contributed by atoms with E-state index in [0.717, 1.165) is 40.8 Å². The third-order valence-electron chi connectivity index (χ3n) is 6.69. The number of rotatable bonds is 7. The van der Waals surface area contributed by atoms with Crippen LogP contribution in [0.1, 0.15) is 36.0 Å². The molecule has 1 aliphatic carbocycles. The van der Waals surface area contributed by atoms with E-state index in [9.17, 15) is 13.2 Å². The van der Waals surface area contributed by atoms with Gasteiger partial charge in [-0.25, -0.2) is 9.67 Å². The van der Waals surface area contributed by atoms with Gasteiger partial charge in [-0.15, -0.1) is 18.3 Å². The number of benzene rings is 3. The quantitative estimate of drug-likeness (QED) is 0.131. The highest BCUT2D eigenvalue weighted by molar-refractivity contribution is 7.80. The van der Waals surface area contributed by atoms with Gasteiger partial charge >= 0.3 is 6.36 Å². The zero-order valence-electron chi connectivity index (χ0n) is 22.2. The summed E-state index contributed by atoms with van der Waals surface area (Å²) in [7, 11) is 0. The number of hydrogen-bond donors (Lipinski definition) is 3. The number of thiocarbonyl (C=S) groups is 1. The minimum atomic E-state index is -4.74. The first kappa shape index (κ1) is 28.1. The summed E-state index contributed by atoms with van der Waals surface area (Å²) in [4.78, 5) is 4.33. The molecule has 0 amide bonds. The summed E-state index contributed by atoms with van der Waals surface area (Å²) in [5.41, 5.74) is 5.45. The Kier molecular flexibility index (Phi) is 7.93. The van der Waals surface area contributed by atoms with Crippen molar-refractivity contribution in [2.45, 2.75) is 45.0 Å². The number of anilines is 1. The third-order valence-corrected chi connectivity index (χ3v) is 6.89. The largest absolute Gasteiger partial charge is 0.573 e. The van der Waals surface area contributed by atoms with E-state index in [1.807, 2.05) is 49.4 Å². The number of alkyl halides is 3. The maximum absolute atomic E-state index is 12.4. The van der Waals surface area contributed by atoms with Crippen molar-refractivity contribution in [2.24, 2.45) is 0 Å². The number of para-hydroxylation sites is 1. The van der Waals surface area contributed by atoms with Gasteiger partial charge in [0.2, 0.25) is 0 Å². The monoisotopic (exact) mass is 580 g/mol. The van der Waals surface area contributed by atoms with Crippen molar-refractivity contribution < 1.29 is 22.6 Å². The minimum absolute atomic E-state index is 0.104. The Morgan fingerprint density at radius 3 is 2.51 bits per heavy atom. The molecule has 3 N–H and O–H groups in total. The summed E-state index contributed by atoms with van der Waals surface area (Å²) < 4.78 is 48.1. The maximum Gasteiger partial charge on any atom is 0.573 e. The van der Waals surface area contributed by atoms with Gasteiger partial charge in [-0.05, 0) is 72.9 Å². The van der Waals surface area contributed by atoms with Crippen LogP contribution in [0.4, 0.5) is 18.9 Å². The molecule has 5 rings (SSSR count). The molecule has 2 unspecified atom stereocenters. The average molecular weight is 581 g/mol. The molecular weight excluding hydrogens is 553 g/mol. The zero-order chi connectivity index (χ0) is 29.1. The number of amidine groups is 1. The van der Waals surface area contributed by atoms with Crippen molar-refractivity contribution in [2.75, 3.05) is 5.32 Å². The van der Waals surface area contributed by atoms with E-state index in [-0.39, 0.29) is 28.9 Å². The van der Waals surface area contributed by atoms with Crippen LogP contribution in [-0.4, -0.2) is 38.4 Å². The molecule has 1 saturated carbocycles. The normalized spacial score (nSPS) is 16.1. The van der Waals surface area contributed by atoms with Crippen molar-refractivity contribution in [3.05, 3.63) is 89.7 Å². The van der Waals surface area contributed by atoms with E-state index in [4.69, 9.17) is 22.4 Å². The van der Waals surface area contributed by atoms with Crippen LogP contribution >= 0.6 is 12.2 Å². The van der Waals surface area contributed by atoms with E-state index in [1.165, 1.54) is 35.3 Å². The Bertz CT molecular complexity index is 1550. The van der Waals surface area contributed by atoms with Gasteiger partial charge in [-0.2, -0.15) is 0 Å². The van der Waals surface area contributed by atoms with Gasteiger partial charge in [0, 0.05) is 23.2 Å². The SMILES string of the molecule is CCc1cccc(C)c1NC(=N)OC(=S)NC1CC1c1ccc(-c2ncn(-c3ccc(OC(F)(F)F)cc3)n2)cc1.